The average Bonchev–Trinajstić information content (AvgIpc) is 3.75. The summed E-state index contributed by atoms with van der Waals surface area (Å²) < 4.78 is 39.8. The minimum atomic E-state index is -0.0516. The van der Waals surface area contributed by atoms with Crippen LogP contribution in [-0.2, 0) is 21.7 Å². The monoisotopic (exact) mass is 596 g/mol. The first kappa shape index (κ1) is 29.2. The molecule has 0 radical (unpaired) electrons. The van der Waals surface area contributed by atoms with Gasteiger partial charge in [0.25, 0.3) is 0 Å². The Hall–Kier alpha value is -4.81. The van der Waals surface area contributed by atoms with Crippen LogP contribution >= 0.6 is 0 Å². The van der Waals surface area contributed by atoms with Crippen LogP contribution in [0.2, 0.25) is 0 Å². The summed E-state index contributed by atoms with van der Waals surface area (Å²) in [7, 11) is 0. The van der Waals surface area contributed by atoms with Crippen LogP contribution in [0, 0.1) is 0 Å². The molecule has 208 valence electrons. The molecule has 0 unspecified atom stereocenters. The molecule has 4 heterocycles. The maximum atomic E-state index is 10.7. The van der Waals surface area contributed by atoms with Gasteiger partial charge in [-0.2, -0.15) is 0 Å². The second-order valence-electron chi connectivity index (χ2n) is 8.06. The van der Waals surface area contributed by atoms with E-state index >= 15 is 0 Å². The Morgan fingerprint density at radius 1 is 0.317 bits per heavy atom. The minimum absolute atomic E-state index is 0. The fourth-order valence-corrected chi connectivity index (χ4v) is 3.51. The molecule has 4 aromatic rings. The van der Waals surface area contributed by atoms with Crippen molar-refractivity contribution in [2.75, 3.05) is 27.2 Å². The maximum Gasteiger partial charge on any atom is 4.00 e. The standard InChI is InChI=1S/4C7H6O3.Ti/c4*8-5-1-2-6-7(3-5)10-4-9-6;/h4*1-3,8H,4H2;/q;;;;+4/p-4. The van der Waals surface area contributed by atoms with Gasteiger partial charge in [0, 0.05) is 0 Å². The number of rotatable bonds is 0. The van der Waals surface area contributed by atoms with Gasteiger partial charge >= 0.3 is 21.7 Å². The zero-order valence-electron chi connectivity index (χ0n) is 21.2. The summed E-state index contributed by atoms with van der Waals surface area (Å²) in [6.07, 6.45) is 0. The number of hydrogen-bond donors (Lipinski definition) is 0. The topological polar surface area (TPSA) is 166 Å². The summed E-state index contributed by atoms with van der Waals surface area (Å²) in [6, 6.07) is 17.9. The molecular weight excluding hydrogens is 576 g/mol. The third kappa shape index (κ3) is 7.65. The van der Waals surface area contributed by atoms with Gasteiger partial charge in [0.2, 0.25) is 27.2 Å². The predicted molar refractivity (Wildman–Crippen MR) is 128 cm³/mol. The molecule has 0 fully saturated rings. The van der Waals surface area contributed by atoms with E-state index in [1.165, 1.54) is 48.5 Å². The van der Waals surface area contributed by atoms with Gasteiger partial charge < -0.3 is 58.3 Å². The normalized spacial score (nSPS) is 13.3. The molecule has 0 bridgehead atoms. The molecule has 0 N–H and O–H groups in total. The second kappa shape index (κ2) is 13.5. The van der Waals surface area contributed by atoms with Crippen LogP contribution in [0.25, 0.3) is 0 Å². The van der Waals surface area contributed by atoms with E-state index in [2.05, 4.69) is 0 Å². The van der Waals surface area contributed by atoms with Crippen LogP contribution in [-0.4, -0.2) is 27.2 Å². The number of fused-ring (bicyclic) bond motifs is 4. The summed E-state index contributed by atoms with van der Waals surface area (Å²) in [5.74, 6) is 4.60. The Bertz CT molecular complexity index is 1260. The molecule has 41 heavy (non-hydrogen) atoms. The van der Waals surface area contributed by atoms with E-state index in [0.717, 1.165) is 0 Å². The molecule has 4 aliphatic heterocycles. The molecule has 0 amide bonds. The average molecular weight is 596 g/mol. The van der Waals surface area contributed by atoms with E-state index in [4.69, 9.17) is 37.9 Å². The summed E-state index contributed by atoms with van der Waals surface area (Å²) >= 11 is 0. The van der Waals surface area contributed by atoms with Crippen molar-refractivity contribution in [3.8, 4) is 69.0 Å². The zero-order chi connectivity index (χ0) is 27.9. The van der Waals surface area contributed by atoms with Crippen molar-refractivity contribution in [2.24, 2.45) is 0 Å². The minimum Gasteiger partial charge on any atom is -0.872 e. The van der Waals surface area contributed by atoms with Crippen molar-refractivity contribution in [2.45, 2.75) is 0 Å². The summed E-state index contributed by atoms with van der Waals surface area (Å²) in [5.41, 5.74) is 0. The van der Waals surface area contributed by atoms with Gasteiger partial charge in [-0.3, -0.25) is 0 Å². The molecule has 0 saturated heterocycles. The van der Waals surface area contributed by atoms with Crippen LogP contribution in [0.4, 0.5) is 0 Å². The van der Waals surface area contributed by atoms with Crippen LogP contribution in [0.5, 0.6) is 69.0 Å². The van der Waals surface area contributed by atoms with Crippen LogP contribution in [0.3, 0.4) is 0 Å². The largest absolute Gasteiger partial charge is 4.00 e. The van der Waals surface area contributed by atoms with Gasteiger partial charge in [-0.15, -0.1) is 23.0 Å². The van der Waals surface area contributed by atoms with Crippen molar-refractivity contribution in [3.05, 3.63) is 72.8 Å². The van der Waals surface area contributed by atoms with Crippen molar-refractivity contribution in [3.63, 3.8) is 0 Å². The molecular formula is C28H20O12Ti. The molecule has 13 heteroatoms. The molecule has 4 aliphatic rings. The molecule has 0 aromatic heterocycles. The Morgan fingerprint density at radius 3 is 0.732 bits per heavy atom. The van der Waals surface area contributed by atoms with E-state index in [0.29, 0.717) is 46.0 Å². The Balaban J connectivity index is 0.000000125. The molecule has 4 aromatic carbocycles. The SMILES string of the molecule is [O-]c1ccc2c(c1)OCO2.[O-]c1ccc2c(c1)OCO2.[O-]c1ccc2c(c1)OCO2.[O-]c1ccc2c(c1)OCO2.[Ti+4]. The van der Waals surface area contributed by atoms with Gasteiger partial charge in [0.1, 0.15) is 0 Å². The first-order valence-corrected chi connectivity index (χ1v) is 11.7. The molecule has 8 rings (SSSR count). The molecule has 12 nitrogen and oxygen atoms in total. The van der Waals surface area contributed by atoms with E-state index in [1.54, 1.807) is 24.3 Å². The summed E-state index contributed by atoms with van der Waals surface area (Å²) in [6.45, 7) is 0.884. The third-order valence-corrected chi connectivity index (χ3v) is 5.38. The van der Waals surface area contributed by atoms with Crippen LogP contribution in [0.1, 0.15) is 0 Å². The number of benzene rings is 4. The van der Waals surface area contributed by atoms with Crippen LogP contribution in [0.15, 0.2) is 72.8 Å². The van der Waals surface area contributed by atoms with Gasteiger partial charge in [-0.1, -0.05) is 24.3 Å². The first-order valence-electron chi connectivity index (χ1n) is 11.7. The smallest absolute Gasteiger partial charge is 0.872 e. The quantitative estimate of drug-likeness (QED) is 0.271. The Kier molecular flexibility index (Phi) is 9.61. The van der Waals surface area contributed by atoms with Crippen LogP contribution < -0.4 is 58.3 Å². The number of ether oxygens (including phenoxy) is 8. The molecule has 0 spiro atoms. The van der Waals surface area contributed by atoms with Crippen molar-refractivity contribution in [1.82, 2.24) is 0 Å². The first-order chi connectivity index (χ1) is 19.4. The van der Waals surface area contributed by atoms with E-state index in [9.17, 15) is 20.4 Å². The fraction of sp³-hybridized carbons (Fsp3) is 0.143. The molecule has 0 saturated carbocycles. The molecule has 0 atom stereocenters. The van der Waals surface area contributed by atoms with Gasteiger partial charge in [0.15, 0.2) is 46.0 Å². The zero-order valence-corrected chi connectivity index (χ0v) is 22.7. The number of hydrogen-bond acceptors (Lipinski definition) is 12. The molecule has 0 aliphatic carbocycles. The van der Waals surface area contributed by atoms with E-state index in [-0.39, 0.29) is 71.9 Å². The fourth-order valence-electron chi connectivity index (χ4n) is 3.51. The van der Waals surface area contributed by atoms with Gasteiger partial charge in [-0.25, -0.2) is 0 Å². The summed E-state index contributed by atoms with van der Waals surface area (Å²) in [4.78, 5) is 0. The van der Waals surface area contributed by atoms with E-state index in [1.807, 2.05) is 0 Å². The van der Waals surface area contributed by atoms with Crippen molar-refractivity contribution < 1.29 is 80.0 Å². The Labute approximate surface area is 248 Å². The van der Waals surface area contributed by atoms with E-state index < -0.39 is 0 Å². The van der Waals surface area contributed by atoms with Gasteiger partial charge in [0.05, 0.1) is 0 Å². The second-order valence-corrected chi connectivity index (χ2v) is 8.06. The summed E-state index contributed by atoms with van der Waals surface area (Å²) in [5, 5.41) is 42.8. The van der Waals surface area contributed by atoms with Crippen molar-refractivity contribution >= 4 is 0 Å². The van der Waals surface area contributed by atoms with Crippen molar-refractivity contribution in [1.29, 1.82) is 0 Å². The maximum absolute atomic E-state index is 10.7. The predicted octanol–water partition coefficient (Wildman–Crippen LogP) is 1.95. The van der Waals surface area contributed by atoms with Gasteiger partial charge in [-0.05, 0) is 48.5 Å². The Morgan fingerprint density at radius 2 is 0.512 bits per heavy atom. The third-order valence-electron chi connectivity index (χ3n) is 5.38.